The number of allylic oxidation sites excluding steroid dienone is 2. The van der Waals surface area contributed by atoms with Gasteiger partial charge in [0.05, 0.1) is 14.2 Å². The predicted molar refractivity (Wildman–Crippen MR) is 112 cm³/mol. The fourth-order valence-electron chi connectivity index (χ4n) is 4.38. The van der Waals surface area contributed by atoms with Crippen molar-refractivity contribution >= 4 is 11.7 Å². The summed E-state index contributed by atoms with van der Waals surface area (Å²) in [6.07, 6.45) is 2.71. The number of ketones is 1. The Balaban J connectivity index is 1.56. The Morgan fingerprint density at radius 3 is 2.57 bits per heavy atom. The van der Waals surface area contributed by atoms with E-state index in [1.165, 1.54) is 6.33 Å². The molecule has 0 fully saturated rings. The molecule has 0 bridgehead atoms. The van der Waals surface area contributed by atoms with Gasteiger partial charge in [0.1, 0.15) is 23.9 Å². The molecule has 2 aliphatic rings. The number of anilines is 1. The van der Waals surface area contributed by atoms with Crippen molar-refractivity contribution in [3.05, 3.63) is 77.3 Å². The summed E-state index contributed by atoms with van der Waals surface area (Å²) in [6.45, 7) is 0. The van der Waals surface area contributed by atoms with E-state index in [1.807, 2.05) is 48.5 Å². The largest absolute Gasteiger partial charge is 0.497 e. The molecule has 1 aromatic heterocycles. The third-order valence-corrected chi connectivity index (χ3v) is 5.86. The smallest absolute Gasteiger partial charge is 0.226 e. The van der Waals surface area contributed by atoms with Crippen molar-refractivity contribution in [2.24, 2.45) is 0 Å². The van der Waals surface area contributed by atoms with Crippen molar-refractivity contribution < 1.29 is 14.3 Å². The van der Waals surface area contributed by atoms with Crippen LogP contribution < -0.4 is 14.8 Å². The highest BCUT2D eigenvalue weighted by molar-refractivity contribution is 6.00. The molecule has 5 rings (SSSR count). The number of Topliss-reactive ketones (excluding diaryl/α,β-unsaturated/α-hetero) is 1. The fourth-order valence-corrected chi connectivity index (χ4v) is 4.38. The predicted octanol–water partition coefficient (Wildman–Crippen LogP) is 3.71. The number of rotatable bonds is 4. The Morgan fingerprint density at radius 1 is 1.00 bits per heavy atom. The Kier molecular flexibility index (Phi) is 4.50. The van der Waals surface area contributed by atoms with E-state index < -0.39 is 0 Å². The van der Waals surface area contributed by atoms with E-state index in [0.29, 0.717) is 12.4 Å². The van der Waals surface area contributed by atoms with E-state index in [-0.39, 0.29) is 17.7 Å². The highest BCUT2D eigenvalue weighted by atomic mass is 16.5. The highest BCUT2D eigenvalue weighted by Gasteiger charge is 2.39. The lowest BCUT2D eigenvalue weighted by Crippen LogP contribution is -2.33. The fraction of sp³-hybridized carbons (Fsp3) is 0.261. The summed E-state index contributed by atoms with van der Waals surface area (Å²) in [5.74, 6) is 2.43. The van der Waals surface area contributed by atoms with E-state index in [2.05, 4.69) is 15.4 Å². The molecule has 7 heteroatoms. The lowest BCUT2D eigenvalue weighted by Gasteiger charge is -2.35. The minimum absolute atomic E-state index is 0.107. The molecular weight excluding hydrogens is 380 g/mol. The first-order chi connectivity index (χ1) is 14.7. The van der Waals surface area contributed by atoms with E-state index in [4.69, 9.17) is 9.47 Å². The van der Waals surface area contributed by atoms with Gasteiger partial charge in [0.2, 0.25) is 5.95 Å². The Morgan fingerprint density at radius 2 is 1.80 bits per heavy atom. The average molecular weight is 402 g/mol. The molecule has 3 aromatic rings. The number of carbonyl (C=O) groups excluding carboxylic acids is 1. The molecule has 0 saturated heterocycles. The van der Waals surface area contributed by atoms with Crippen LogP contribution in [0.5, 0.6) is 11.5 Å². The summed E-state index contributed by atoms with van der Waals surface area (Å²) < 4.78 is 12.4. The number of nitrogens with zero attached hydrogens (tertiary/aromatic N) is 3. The van der Waals surface area contributed by atoms with Crippen molar-refractivity contribution in [3.63, 3.8) is 0 Å². The van der Waals surface area contributed by atoms with Crippen molar-refractivity contribution in [1.29, 1.82) is 0 Å². The van der Waals surface area contributed by atoms with Crippen LogP contribution >= 0.6 is 0 Å². The molecular formula is C23H22N4O3. The Hall–Kier alpha value is -3.61. The molecule has 1 N–H and O–H groups in total. The summed E-state index contributed by atoms with van der Waals surface area (Å²) in [5.41, 5.74) is 3.75. The van der Waals surface area contributed by atoms with Crippen molar-refractivity contribution in [2.45, 2.75) is 24.8 Å². The van der Waals surface area contributed by atoms with Gasteiger partial charge in [0, 0.05) is 17.7 Å². The molecule has 2 heterocycles. The second-order valence-electron chi connectivity index (χ2n) is 7.53. The van der Waals surface area contributed by atoms with Crippen molar-refractivity contribution in [1.82, 2.24) is 14.8 Å². The topological polar surface area (TPSA) is 78.3 Å². The average Bonchev–Trinajstić information content (AvgIpc) is 3.25. The van der Waals surface area contributed by atoms with Crippen LogP contribution in [0.1, 0.15) is 35.9 Å². The second-order valence-corrected chi connectivity index (χ2v) is 7.53. The van der Waals surface area contributed by atoms with Gasteiger partial charge < -0.3 is 14.8 Å². The number of nitrogens with one attached hydrogen (secondary N) is 1. The molecule has 0 saturated carbocycles. The summed E-state index contributed by atoms with van der Waals surface area (Å²) >= 11 is 0. The van der Waals surface area contributed by atoms with Crippen LogP contribution in [0.15, 0.2) is 66.1 Å². The zero-order valence-corrected chi connectivity index (χ0v) is 16.8. The normalized spacial score (nSPS) is 20.3. The number of carbonyl (C=O) groups is 1. The van der Waals surface area contributed by atoms with E-state index >= 15 is 0 Å². The van der Waals surface area contributed by atoms with Crippen LogP contribution in [0.25, 0.3) is 0 Å². The zero-order chi connectivity index (χ0) is 20.7. The van der Waals surface area contributed by atoms with Gasteiger partial charge in [-0.05, 0) is 47.7 Å². The van der Waals surface area contributed by atoms with Crippen LogP contribution in [0.4, 0.5) is 5.95 Å². The Labute approximate surface area is 174 Å². The lowest BCUT2D eigenvalue weighted by molar-refractivity contribution is -0.116. The number of benzene rings is 2. The van der Waals surface area contributed by atoms with Gasteiger partial charge in [-0.15, -0.1) is 0 Å². The molecule has 0 amide bonds. The standard InChI is InChI=1S/C23H22N4O3/c1-29-17-8-6-14(7-9-17)16-11-19-21(20(28)12-16)22(27-23(26-19)24-13-25-27)15-4-3-5-18(10-15)30-2/h3-10,13,16,22H,11-12H2,1-2H3,(H,24,25,26). The van der Waals surface area contributed by atoms with Crippen LogP contribution in [-0.2, 0) is 4.79 Å². The second kappa shape index (κ2) is 7.33. The molecule has 2 aromatic carbocycles. The maximum Gasteiger partial charge on any atom is 0.226 e. The number of hydrogen-bond acceptors (Lipinski definition) is 6. The molecule has 2 atom stereocenters. The van der Waals surface area contributed by atoms with Crippen LogP contribution in [0.2, 0.25) is 0 Å². The maximum atomic E-state index is 13.4. The van der Waals surface area contributed by atoms with Gasteiger partial charge in [-0.25, -0.2) is 4.68 Å². The SMILES string of the molecule is COc1ccc(C2CC(=O)C3=C(C2)Nc2ncnn2C3c2cccc(OC)c2)cc1. The van der Waals surface area contributed by atoms with Crippen LogP contribution in [0.3, 0.4) is 0 Å². The molecule has 152 valence electrons. The van der Waals surface area contributed by atoms with E-state index in [9.17, 15) is 4.79 Å². The minimum Gasteiger partial charge on any atom is -0.497 e. The van der Waals surface area contributed by atoms with E-state index in [0.717, 1.165) is 40.3 Å². The van der Waals surface area contributed by atoms with Gasteiger partial charge in [-0.1, -0.05) is 24.3 Å². The molecule has 1 aliphatic heterocycles. The third-order valence-electron chi connectivity index (χ3n) is 5.86. The maximum absolute atomic E-state index is 13.4. The molecule has 30 heavy (non-hydrogen) atoms. The minimum atomic E-state index is -0.321. The molecule has 0 spiro atoms. The lowest BCUT2D eigenvalue weighted by atomic mass is 9.78. The van der Waals surface area contributed by atoms with Gasteiger partial charge in [0.25, 0.3) is 0 Å². The van der Waals surface area contributed by atoms with Gasteiger partial charge in [0.15, 0.2) is 5.78 Å². The number of hydrogen-bond donors (Lipinski definition) is 1. The van der Waals surface area contributed by atoms with Crippen molar-refractivity contribution in [3.8, 4) is 11.5 Å². The molecule has 2 unspecified atom stereocenters. The number of aromatic nitrogens is 3. The summed E-state index contributed by atoms with van der Waals surface area (Å²) in [4.78, 5) is 17.7. The van der Waals surface area contributed by atoms with Crippen molar-refractivity contribution in [2.75, 3.05) is 19.5 Å². The molecule has 1 aliphatic carbocycles. The molecule has 0 radical (unpaired) electrons. The summed E-state index contributed by atoms with van der Waals surface area (Å²) in [5, 5.41) is 7.75. The quantitative estimate of drug-likeness (QED) is 0.717. The first-order valence-electron chi connectivity index (χ1n) is 9.88. The van der Waals surface area contributed by atoms with Gasteiger partial charge in [-0.3, -0.25) is 4.79 Å². The first kappa shape index (κ1) is 18.4. The van der Waals surface area contributed by atoms with E-state index in [1.54, 1.807) is 18.9 Å². The third kappa shape index (κ3) is 3.03. The zero-order valence-electron chi connectivity index (χ0n) is 16.8. The number of fused-ring (bicyclic) bond motifs is 1. The Bertz CT molecular complexity index is 1130. The number of methoxy groups -OCH3 is 2. The first-order valence-corrected chi connectivity index (χ1v) is 9.88. The van der Waals surface area contributed by atoms with Gasteiger partial charge in [-0.2, -0.15) is 10.1 Å². The summed E-state index contributed by atoms with van der Waals surface area (Å²) in [6, 6.07) is 15.4. The summed E-state index contributed by atoms with van der Waals surface area (Å²) in [7, 11) is 3.29. The van der Waals surface area contributed by atoms with Crippen LogP contribution in [0, 0.1) is 0 Å². The highest BCUT2D eigenvalue weighted by Crippen LogP contribution is 2.44. The monoisotopic (exact) mass is 402 g/mol. The number of ether oxygens (including phenoxy) is 2. The van der Waals surface area contributed by atoms with Gasteiger partial charge >= 0.3 is 0 Å². The van der Waals surface area contributed by atoms with Crippen LogP contribution in [-0.4, -0.2) is 34.8 Å². The molecule has 7 nitrogen and oxygen atoms in total.